The molecule has 0 aromatic heterocycles. The summed E-state index contributed by atoms with van der Waals surface area (Å²) in [6.45, 7) is 0. The van der Waals surface area contributed by atoms with E-state index in [0.29, 0.717) is 5.69 Å². The monoisotopic (exact) mass is 391 g/mol. The Bertz CT molecular complexity index is 1040. The first-order chi connectivity index (χ1) is 12.8. The van der Waals surface area contributed by atoms with Gasteiger partial charge in [0.25, 0.3) is 5.69 Å². The van der Waals surface area contributed by atoms with Crippen LogP contribution in [0.2, 0.25) is 0 Å². The van der Waals surface area contributed by atoms with E-state index in [0.717, 1.165) is 0 Å². The summed E-state index contributed by atoms with van der Waals surface area (Å²) in [4.78, 5) is 26.2. The molecule has 0 N–H and O–H groups in total. The molecule has 27 heavy (non-hydrogen) atoms. The molecule has 2 aromatic carbocycles. The number of carbonyl (C=O) groups is 1. The fourth-order valence-electron chi connectivity index (χ4n) is 3.67. The smallest absolute Gasteiger partial charge is 0.288 e. The van der Waals surface area contributed by atoms with Crippen molar-refractivity contribution < 1.29 is 22.5 Å². The number of nitro groups is 1. The molecule has 2 aromatic rings. The molecule has 2 atom stereocenters. The molecule has 0 aliphatic carbocycles. The number of carbonyl (C=O) groups excluding carboxylic acids is 1. The second-order valence-corrected chi connectivity index (χ2v) is 8.64. The lowest BCUT2D eigenvalue weighted by atomic mass is 10.1. The number of anilines is 2. The first kappa shape index (κ1) is 17.4. The van der Waals surface area contributed by atoms with E-state index >= 15 is 0 Å². The van der Waals surface area contributed by atoms with Crippen molar-refractivity contribution >= 4 is 32.9 Å². The van der Waals surface area contributed by atoms with Crippen molar-refractivity contribution in [2.45, 2.75) is 12.1 Å². The third-order valence-corrected chi connectivity index (χ3v) is 6.49. The number of urea groups is 1. The van der Waals surface area contributed by atoms with Crippen LogP contribution >= 0.6 is 0 Å². The van der Waals surface area contributed by atoms with Gasteiger partial charge >= 0.3 is 6.03 Å². The highest BCUT2D eigenvalue weighted by atomic mass is 32.2. The Morgan fingerprint density at radius 1 is 1.00 bits per heavy atom. The topological polar surface area (TPSA) is 101 Å². The van der Waals surface area contributed by atoms with Gasteiger partial charge in [0.2, 0.25) is 0 Å². The maximum absolute atomic E-state index is 13.3. The lowest BCUT2D eigenvalue weighted by Gasteiger charge is -2.22. The molecule has 10 heteroatoms. The zero-order valence-corrected chi connectivity index (χ0v) is 14.7. The summed E-state index contributed by atoms with van der Waals surface area (Å²) < 4.78 is 37.7. The van der Waals surface area contributed by atoms with Crippen molar-refractivity contribution in [1.29, 1.82) is 0 Å². The predicted octanol–water partition coefficient (Wildman–Crippen LogP) is 2.35. The average Bonchev–Trinajstić information content (AvgIpc) is 3.04. The van der Waals surface area contributed by atoms with Crippen LogP contribution < -0.4 is 9.80 Å². The number of non-ortho nitro benzene ring substituents is 1. The summed E-state index contributed by atoms with van der Waals surface area (Å²) in [5.74, 6) is -0.924. The number of fused-ring (bicyclic) bond motifs is 1. The Kier molecular flexibility index (Phi) is 3.88. The first-order valence-electron chi connectivity index (χ1n) is 8.10. The molecule has 2 fully saturated rings. The zero-order chi connectivity index (χ0) is 19.3. The highest BCUT2D eigenvalue weighted by molar-refractivity contribution is 7.91. The molecule has 2 aliphatic heterocycles. The molecule has 0 unspecified atom stereocenters. The van der Waals surface area contributed by atoms with E-state index < -0.39 is 38.7 Å². The molecular formula is C17H14FN3O5S. The molecular weight excluding hydrogens is 377 g/mol. The van der Waals surface area contributed by atoms with Crippen LogP contribution in [0.1, 0.15) is 0 Å². The van der Waals surface area contributed by atoms with E-state index in [2.05, 4.69) is 0 Å². The molecule has 2 amide bonds. The highest BCUT2D eigenvalue weighted by Gasteiger charge is 2.54. The van der Waals surface area contributed by atoms with Gasteiger partial charge in [-0.15, -0.1) is 0 Å². The maximum Gasteiger partial charge on any atom is 0.329 e. The van der Waals surface area contributed by atoms with Crippen LogP contribution in [0.5, 0.6) is 0 Å². The second kappa shape index (κ2) is 6.02. The summed E-state index contributed by atoms with van der Waals surface area (Å²) in [6, 6.07) is 8.90. The molecule has 0 saturated carbocycles. The Hall–Kier alpha value is -3.01. The predicted molar refractivity (Wildman–Crippen MR) is 96.1 cm³/mol. The van der Waals surface area contributed by atoms with Crippen LogP contribution in [0.4, 0.5) is 26.2 Å². The summed E-state index contributed by atoms with van der Waals surface area (Å²) >= 11 is 0. The van der Waals surface area contributed by atoms with Gasteiger partial charge in [-0.3, -0.25) is 19.9 Å². The van der Waals surface area contributed by atoms with Gasteiger partial charge < -0.3 is 0 Å². The maximum atomic E-state index is 13.3. The normalized spacial score (nSPS) is 23.5. The van der Waals surface area contributed by atoms with Gasteiger partial charge in [0.1, 0.15) is 5.82 Å². The molecule has 8 nitrogen and oxygen atoms in total. The largest absolute Gasteiger partial charge is 0.329 e. The van der Waals surface area contributed by atoms with Crippen LogP contribution in [0.15, 0.2) is 48.5 Å². The van der Waals surface area contributed by atoms with E-state index in [1.165, 1.54) is 58.3 Å². The number of sulfone groups is 1. The van der Waals surface area contributed by atoms with Crippen LogP contribution in [0, 0.1) is 15.9 Å². The molecule has 2 heterocycles. The minimum absolute atomic E-state index is 0.196. The zero-order valence-electron chi connectivity index (χ0n) is 13.9. The minimum atomic E-state index is -3.39. The summed E-state index contributed by atoms with van der Waals surface area (Å²) in [5, 5.41) is 11.1. The molecule has 2 aliphatic rings. The van der Waals surface area contributed by atoms with Gasteiger partial charge in [-0.25, -0.2) is 17.6 Å². The fourth-order valence-corrected chi connectivity index (χ4v) is 5.58. The lowest BCUT2D eigenvalue weighted by Crippen LogP contribution is -2.37. The molecule has 140 valence electrons. The number of rotatable bonds is 3. The molecule has 4 rings (SSSR count). The number of amides is 2. The van der Waals surface area contributed by atoms with Crippen molar-refractivity contribution in [3.05, 3.63) is 64.5 Å². The standard InChI is InChI=1S/C17H14FN3O5S/c18-11-4-6-12(7-5-11)19-15-9-27(25,26)10-16(15)20(17(19)22)13-2-1-3-14(8-13)21(23)24/h1-8,15-16H,9-10H2/t15-,16-/m1/s1. The van der Waals surface area contributed by atoms with Crippen LogP contribution in [-0.4, -0.2) is 43.0 Å². The van der Waals surface area contributed by atoms with Crippen molar-refractivity contribution in [3.8, 4) is 0 Å². The number of halogens is 1. The third kappa shape index (κ3) is 2.91. The number of hydrogen-bond donors (Lipinski definition) is 0. The van der Waals surface area contributed by atoms with E-state index in [9.17, 15) is 27.7 Å². The summed E-state index contributed by atoms with van der Waals surface area (Å²) in [6.07, 6.45) is 0. The van der Waals surface area contributed by atoms with Gasteiger partial charge in [-0.1, -0.05) is 6.07 Å². The van der Waals surface area contributed by atoms with Gasteiger partial charge in [0.05, 0.1) is 34.2 Å². The van der Waals surface area contributed by atoms with E-state index in [4.69, 9.17) is 0 Å². The van der Waals surface area contributed by atoms with Gasteiger partial charge in [0, 0.05) is 17.8 Å². The van der Waals surface area contributed by atoms with Crippen LogP contribution in [-0.2, 0) is 9.84 Å². The minimum Gasteiger partial charge on any atom is -0.288 e. The number of nitrogens with zero attached hydrogens (tertiary/aromatic N) is 3. The van der Waals surface area contributed by atoms with E-state index in [1.807, 2.05) is 0 Å². The number of hydrogen-bond acceptors (Lipinski definition) is 5. The lowest BCUT2D eigenvalue weighted by molar-refractivity contribution is -0.384. The average molecular weight is 391 g/mol. The number of nitro benzene ring substituents is 1. The van der Waals surface area contributed by atoms with E-state index in [-0.39, 0.29) is 22.9 Å². The van der Waals surface area contributed by atoms with Crippen LogP contribution in [0.3, 0.4) is 0 Å². The van der Waals surface area contributed by atoms with Crippen molar-refractivity contribution in [3.63, 3.8) is 0 Å². The Morgan fingerprint density at radius 3 is 2.19 bits per heavy atom. The van der Waals surface area contributed by atoms with Crippen molar-refractivity contribution in [1.82, 2.24) is 0 Å². The highest BCUT2D eigenvalue weighted by Crippen LogP contribution is 2.38. The molecule has 0 spiro atoms. The number of benzene rings is 2. The molecule has 2 saturated heterocycles. The summed E-state index contributed by atoms with van der Waals surface area (Å²) in [7, 11) is -3.39. The quantitative estimate of drug-likeness (QED) is 0.454. The Morgan fingerprint density at radius 2 is 1.59 bits per heavy atom. The second-order valence-electron chi connectivity index (χ2n) is 6.49. The van der Waals surface area contributed by atoms with Crippen molar-refractivity contribution in [2.75, 3.05) is 21.3 Å². The summed E-state index contributed by atoms with van der Waals surface area (Å²) in [5.41, 5.74) is 0.435. The molecule has 0 bridgehead atoms. The third-order valence-electron chi connectivity index (χ3n) is 4.79. The first-order valence-corrected chi connectivity index (χ1v) is 9.92. The van der Waals surface area contributed by atoms with Gasteiger partial charge in [-0.05, 0) is 30.3 Å². The SMILES string of the molecule is O=C1N(c2ccc(F)cc2)[C@@H]2CS(=O)(=O)C[C@H]2N1c1cccc([N+](=O)[O-])c1. The molecule has 0 radical (unpaired) electrons. The van der Waals surface area contributed by atoms with Gasteiger partial charge in [0.15, 0.2) is 9.84 Å². The Balaban J connectivity index is 1.80. The van der Waals surface area contributed by atoms with E-state index in [1.54, 1.807) is 0 Å². The van der Waals surface area contributed by atoms with Crippen molar-refractivity contribution in [2.24, 2.45) is 0 Å². The van der Waals surface area contributed by atoms with Gasteiger partial charge in [-0.2, -0.15) is 0 Å². The van der Waals surface area contributed by atoms with Crippen LogP contribution in [0.25, 0.3) is 0 Å². The Labute approximate surface area is 153 Å². The fraction of sp³-hybridized carbons (Fsp3) is 0.235.